The zero-order valence-electron chi connectivity index (χ0n) is 12.4. The van der Waals surface area contributed by atoms with Crippen LogP contribution in [0.3, 0.4) is 0 Å². The van der Waals surface area contributed by atoms with Crippen LogP contribution in [-0.4, -0.2) is 29.0 Å². The number of aromatic nitrogens is 2. The molecule has 0 spiro atoms. The van der Waals surface area contributed by atoms with Crippen LogP contribution in [0, 0.1) is 0 Å². The van der Waals surface area contributed by atoms with Gasteiger partial charge < -0.3 is 9.84 Å². The summed E-state index contributed by atoms with van der Waals surface area (Å²) in [6.07, 6.45) is 1.32. The van der Waals surface area contributed by atoms with Gasteiger partial charge in [-0.1, -0.05) is 29.4 Å². The number of carbonyl (C=O) groups is 1. The zero-order valence-corrected chi connectivity index (χ0v) is 13.2. The van der Waals surface area contributed by atoms with Crippen molar-refractivity contribution >= 4 is 18.2 Å². The van der Waals surface area contributed by atoms with Gasteiger partial charge in [0.1, 0.15) is 0 Å². The lowest BCUT2D eigenvalue weighted by Crippen LogP contribution is -2.24. The van der Waals surface area contributed by atoms with E-state index >= 15 is 0 Å². The van der Waals surface area contributed by atoms with Gasteiger partial charge in [0.15, 0.2) is 11.6 Å². The van der Waals surface area contributed by atoms with Gasteiger partial charge in [-0.05, 0) is 26.5 Å². The average Bonchev–Trinajstić information content (AvgIpc) is 2.86. The molecule has 1 aromatic carbocycles. The molecule has 1 heterocycles. The maximum atomic E-state index is 11.2. The number of likely N-dealkylation sites (N-methyl/N-ethyl adjacent to an activating group) is 1. The molecule has 5 nitrogen and oxygen atoms in total. The molecule has 0 aliphatic carbocycles. The number of ketones is 1. The van der Waals surface area contributed by atoms with Crippen molar-refractivity contribution in [2.75, 3.05) is 7.05 Å². The second-order valence-corrected chi connectivity index (χ2v) is 4.93. The van der Waals surface area contributed by atoms with Crippen LogP contribution in [0.25, 0.3) is 0 Å². The summed E-state index contributed by atoms with van der Waals surface area (Å²) in [6, 6.07) is 7.78. The van der Waals surface area contributed by atoms with E-state index in [9.17, 15) is 4.79 Å². The first-order valence-corrected chi connectivity index (χ1v) is 6.67. The van der Waals surface area contributed by atoms with Gasteiger partial charge in [0.05, 0.1) is 6.42 Å². The number of carbonyl (C=O) groups excluding carboxylic acids is 1. The van der Waals surface area contributed by atoms with Crippen molar-refractivity contribution in [1.82, 2.24) is 15.5 Å². The summed E-state index contributed by atoms with van der Waals surface area (Å²) in [5, 5.41) is 7.10. The highest BCUT2D eigenvalue weighted by Crippen LogP contribution is 2.10. The fraction of sp³-hybridized carbons (Fsp3) is 0.400. The smallest absolute Gasteiger partial charge is 0.231 e. The maximum Gasteiger partial charge on any atom is 0.231 e. The van der Waals surface area contributed by atoms with E-state index in [-0.39, 0.29) is 18.2 Å². The number of hydrogen-bond acceptors (Lipinski definition) is 5. The van der Waals surface area contributed by atoms with E-state index in [4.69, 9.17) is 4.52 Å². The largest absolute Gasteiger partial charge is 0.339 e. The molecule has 0 aliphatic heterocycles. The maximum absolute atomic E-state index is 11.2. The highest BCUT2D eigenvalue weighted by molar-refractivity contribution is 5.94. The molecule has 1 aromatic heterocycles. The summed E-state index contributed by atoms with van der Waals surface area (Å²) in [7, 11) is 1.90. The molecule has 1 unspecified atom stereocenters. The molecular weight excluding hydrogens is 290 g/mol. The zero-order chi connectivity index (χ0) is 14.5. The van der Waals surface area contributed by atoms with Gasteiger partial charge in [-0.15, -0.1) is 12.4 Å². The van der Waals surface area contributed by atoms with Gasteiger partial charge in [0.25, 0.3) is 0 Å². The van der Waals surface area contributed by atoms with Crippen LogP contribution in [0.2, 0.25) is 0 Å². The summed E-state index contributed by atoms with van der Waals surface area (Å²) in [4.78, 5) is 15.6. The van der Waals surface area contributed by atoms with Crippen molar-refractivity contribution in [2.24, 2.45) is 0 Å². The van der Waals surface area contributed by atoms with E-state index in [1.807, 2.05) is 31.3 Å². The molecule has 0 saturated heterocycles. The second kappa shape index (κ2) is 7.90. The van der Waals surface area contributed by atoms with Gasteiger partial charge in [-0.2, -0.15) is 4.98 Å². The molecule has 0 saturated carbocycles. The quantitative estimate of drug-likeness (QED) is 0.830. The van der Waals surface area contributed by atoms with Crippen molar-refractivity contribution in [1.29, 1.82) is 0 Å². The fourth-order valence-electron chi connectivity index (χ4n) is 1.85. The van der Waals surface area contributed by atoms with Crippen molar-refractivity contribution in [3.05, 3.63) is 47.1 Å². The lowest BCUT2D eigenvalue weighted by atomic mass is 10.1. The third kappa shape index (κ3) is 4.95. The Hall–Kier alpha value is -1.72. The highest BCUT2D eigenvalue weighted by atomic mass is 35.5. The van der Waals surface area contributed by atoms with Crippen LogP contribution in [-0.2, 0) is 12.8 Å². The standard InChI is InChI=1S/C15H19N3O2.ClH/c1-10(16-3)8-14-17-15(20-18-14)9-12-4-6-13(7-5-12)11(2)19;/h4-7,10,16H,8-9H2,1-3H3;1H. The second-order valence-electron chi connectivity index (χ2n) is 4.93. The van der Waals surface area contributed by atoms with E-state index in [0.717, 1.165) is 12.0 Å². The predicted molar refractivity (Wildman–Crippen MR) is 83.0 cm³/mol. The van der Waals surface area contributed by atoms with E-state index < -0.39 is 0 Å². The third-order valence-corrected chi connectivity index (χ3v) is 3.21. The van der Waals surface area contributed by atoms with E-state index in [2.05, 4.69) is 22.4 Å². The van der Waals surface area contributed by atoms with Crippen molar-refractivity contribution < 1.29 is 9.32 Å². The fourth-order valence-corrected chi connectivity index (χ4v) is 1.85. The summed E-state index contributed by atoms with van der Waals surface area (Å²) in [5.41, 5.74) is 1.76. The topological polar surface area (TPSA) is 68.0 Å². The average molecular weight is 310 g/mol. The van der Waals surface area contributed by atoms with Crippen LogP contribution in [0.4, 0.5) is 0 Å². The molecule has 2 aromatic rings. The summed E-state index contributed by atoms with van der Waals surface area (Å²) in [6.45, 7) is 3.62. The summed E-state index contributed by atoms with van der Waals surface area (Å²) < 4.78 is 5.24. The normalized spacial score (nSPS) is 11.8. The highest BCUT2D eigenvalue weighted by Gasteiger charge is 2.10. The first kappa shape index (κ1) is 17.3. The van der Waals surface area contributed by atoms with Gasteiger partial charge in [-0.3, -0.25) is 4.79 Å². The van der Waals surface area contributed by atoms with Gasteiger partial charge in [0.2, 0.25) is 5.89 Å². The number of nitrogens with zero attached hydrogens (tertiary/aromatic N) is 2. The van der Waals surface area contributed by atoms with Crippen LogP contribution in [0.1, 0.15) is 41.5 Å². The summed E-state index contributed by atoms with van der Waals surface area (Å²) >= 11 is 0. The molecule has 114 valence electrons. The number of benzene rings is 1. The van der Waals surface area contributed by atoms with Crippen molar-refractivity contribution in [3.8, 4) is 0 Å². The Bertz CT molecular complexity index is 581. The van der Waals surface area contributed by atoms with Gasteiger partial charge in [-0.25, -0.2) is 0 Å². The molecule has 1 N–H and O–H groups in total. The lowest BCUT2D eigenvalue weighted by Gasteiger charge is -2.04. The third-order valence-electron chi connectivity index (χ3n) is 3.21. The first-order chi connectivity index (χ1) is 9.58. The van der Waals surface area contributed by atoms with Crippen molar-refractivity contribution in [2.45, 2.75) is 32.7 Å². The molecular formula is C15H20ClN3O2. The molecule has 0 bridgehead atoms. The van der Waals surface area contributed by atoms with E-state index in [1.54, 1.807) is 6.92 Å². The Balaban J connectivity index is 0.00000220. The monoisotopic (exact) mass is 309 g/mol. The summed E-state index contributed by atoms with van der Waals surface area (Å²) in [5.74, 6) is 1.37. The molecule has 1 atom stereocenters. The number of Topliss-reactive ketones (excluding diaryl/α,β-unsaturated/α-hetero) is 1. The number of rotatable bonds is 6. The van der Waals surface area contributed by atoms with Gasteiger partial charge in [0, 0.05) is 18.0 Å². The minimum atomic E-state index is 0. The molecule has 0 aliphatic rings. The number of halogens is 1. The van der Waals surface area contributed by atoms with E-state index in [0.29, 0.717) is 29.7 Å². The van der Waals surface area contributed by atoms with Gasteiger partial charge >= 0.3 is 0 Å². The number of hydrogen-bond donors (Lipinski definition) is 1. The predicted octanol–water partition coefficient (Wildman–Crippen LogP) is 2.44. The van der Waals surface area contributed by atoms with Crippen LogP contribution in [0.15, 0.2) is 28.8 Å². The number of nitrogens with one attached hydrogen (secondary N) is 1. The minimum absolute atomic E-state index is 0. The molecule has 0 radical (unpaired) electrons. The van der Waals surface area contributed by atoms with Crippen LogP contribution < -0.4 is 5.32 Å². The molecule has 6 heteroatoms. The van der Waals surface area contributed by atoms with E-state index in [1.165, 1.54) is 0 Å². The van der Waals surface area contributed by atoms with Crippen LogP contribution in [0.5, 0.6) is 0 Å². The molecule has 21 heavy (non-hydrogen) atoms. The first-order valence-electron chi connectivity index (χ1n) is 6.67. The molecule has 0 amide bonds. The minimum Gasteiger partial charge on any atom is -0.339 e. The molecule has 2 rings (SSSR count). The Morgan fingerprint density at radius 3 is 2.57 bits per heavy atom. The Kier molecular flexibility index (Phi) is 6.52. The Morgan fingerprint density at radius 2 is 2.00 bits per heavy atom. The lowest BCUT2D eigenvalue weighted by molar-refractivity contribution is 0.101. The Labute approximate surface area is 130 Å². The van der Waals surface area contributed by atoms with Crippen LogP contribution >= 0.6 is 12.4 Å². The SMILES string of the molecule is CNC(C)Cc1noc(Cc2ccc(C(C)=O)cc2)n1.Cl. The Morgan fingerprint density at radius 1 is 1.33 bits per heavy atom. The van der Waals surface area contributed by atoms with Crippen molar-refractivity contribution in [3.63, 3.8) is 0 Å². The molecule has 0 fully saturated rings.